The predicted molar refractivity (Wildman–Crippen MR) is 69.1 cm³/mol. The zero-order valence-electron chi connectivity index (χ0n) is 9.32. The fraction of sp³-hybridized carbons (Fsp3) is 0.0909. The summed E-state index contributed by atoms with van der Waals surface area (Å²) < 4.78 is 23.1. The Morgan fingerprint density at radius 3 is 2.50 bits per heavy atom. The Morgan fingerprint density at radius 2 is 1.94 bits per heavy atom. The molecule has 0 aliphatic rings. The van der Waals surface area contributed by atoms with Gasteiger partial charge in [0.25, 0.3) is 0 Å². The van der Waals surface area contributed by atoms with Gasteiger partial charge < -0.3 is 5.11 Å². The molecule has 1 heterocycles. The fourth-order valence-corrected chi connectivity index (χ4v) is 2.52. The van der Waals surface area contributed by atoms with Crippen molar-refractivity contribution in [1.29, 1.82) is 0 Å². The average Bonchev–Trinajstić information content (AvgIpc) is 2.26. The Labute approximate surface area is 110 Å². The first-order valence-electron chi connectivity index (χ1n) is 4.72. The molecule has 0 aliphatic heterocycles. The number of benzene rings is 1. The van der Waals surface area contributed by atoms with Gasteiger partial charge in [-0.2, -0.15) is 0 Å². The predicted octanol–water partition coefficient (Wildman–Crippen LogP) is 1.76. The highest BCUT2D eigenvalue weighted by molar-refractivity contribution is 7.91. The molecule has 18 heavy (non-hydrogen) atoms. The number of aromatic nitrogens is 1. The van der Waals surface area contributed by atoms with Gasteiger partial charge in [-0.15, -0.1) is 12.4 Å². The molecule has 0 radical (unpaired) electrons. The summed E-state index contributed by atoms with van der Waals surface area (Å²) >= 11 is 0. The van der Waals surface area contributed by atoms with Crippen molar-refractivity contribution in [2.45, 2.75) is 4.90 Å². The Balaban J connectivity index is 0.00000162. The molecule has 0 bridgehead atoms. The maximum Gasteiger partial charge on any atom is 0.337 e. The highest BCUT2D eigenvalue weighted by atomic mass is 35.5. The maximum atomic E-state index is 11.6. The van der Waals surface area contributed by atoms with Crippen LogP contribution in [0.25, 0.3) is 10.9 Å². The first kappa shape index (κ1) is 14.4. The number of pyridine rings is 1. The highest BCUT2D eigenvalue weighted by Crippen LogP contribution is 2.24. The number of rotatable bonds is 2. The van der Waals surface area contributed by atoms with Gasteiger partial charge >= 0.3 is 5.97 Å². The second kappa shape index (κ2) is 4.91. The Hall–Kier alpha value is -1.66. The van der Waals surface area contributed by atoms with Crippen LogP contribution in [0.3, 0.4) is 0 Å². The van der Waals surface area contributed by atoms with Gasteiger partial charge in [0.15, 0.2) is 9.84 Å². The molecule has 1 N–H and O–H groups in total. The standard InChI is InChI=1S/C11H9NO4S.ClH/c1-17(15,16)9-5-4-8(11(13)14)10-7(9)3-2-6-12-10;/h2-6H,1H3,(H,13,14);1H. The molecule has 0 saturated carbocycles. The fourth-order valence-electron chi connectivity index (χ4n) is 1.64. The average molecular weight is 288 g/mol. The van der Waals surface area contributed by atoms with Crippen molar-refractivity contribution in [2.24, 2.45) is 0 Å². The van der Waals surface area contributed by atoms with E-state index in [9.17, 15) is 13.2 Å². The third-order valence-electron chi connectivity index (χ3n) is 2.36. The lowest BCUT2D eigenvalue weighted by molar-refractivity contribution is 0.0698. The molecule has 1 aromatic carbocycles. The lowest BCUT2D eigenvalue weighted by atomic mass is 10.1. The van der Waals surface area contributed by atoms with Gasteiger partial charge in [0.2, 0.25) is 0 Å². The quantitative estimate of drug-likeness (QED) is 0.910. The number of carboxylic acids is 1. The summed E-state index contributed by atoms with van der Waals surface area (Å²) in [6, 6.07) is 5.67. The van der Waals surface area contributed by atoms with Crippen LogP contribution in [0, 0.1) is 0 Å². The van der Waals surface area contributed by atoms with Gasteiger partial charge in [-0.1, -0.05) is 0 Å². The lowest BCUT2D eigenvalue weighted by Crippen LogP contribution is -2.03. The van der Waals surface area contributed by atoms with Crippen LogP contribution in [0.1, 0.15) is 10.4 Å². The van der Waals surface area contributed by atoms with E-state index in [0.717, 1.165) is 6.26 Å². The van der Waals surface area contributed by atoms with E-state index in [2.05, 4.69) is 4.98 Å². The third kappa shape index (κ3) is 2.44. The van der Waals surface area contributed by atoms with Gasteiger partial charge in [-0.25, -0.2) is 13.2 Å². The van der Waals surface area contributed by atoms with Gasteiger partial charge in [0, 0.05) is 17.8 Å². The van der Waals surface area contributed by atoms with E-state index in [1.54, 1.807) is 12.1 Å². The highest BCUT2D eigenvalue weighted by Gasteiger charge is 2.17. The number of aromatic carboxylic acids is 1. The van der Waals surface area contributed by atoms with Crippen LogP contribution in [0.4, 0.5) is 0 Å². The molecular formula is C11H10ClNO4S. The molecule has 0 saturated heterocycles. The minimum Gasteiger partial charge on any atom is -0.478 e. The number of carboxylic acid groups (broad SMARTS) is 1. The molecule has 96 valence electrons. The first-order chi connectivity index (χ1) is 7.91. The monoisotopic (exact) mass is 287 g/mol. The molecule has 0 aliphatic carbocycles. The third-order valence-corrected chi connectivity index (χ3v) is 3.51. The summed E-state index contributed by atoms with van der Waals surface area (Å²) in [6.45, 7) is 0. The van der Waals surface area contributed by atoms with Crippen LogP contribution in [0.5, 0.6) is 0 Å². The SMILES string of the molecule is CS(=O)(=O)c1ccc(C(=O)O)c2ncccc12.Cl. The van der Waals surface area contributed by atoms with Crippen LogP contribution >= 0.6 is 12.4 Å². The van der Waals surface area contributed by atoms with Crippen molar-refractivity contribution in [3.63, 3.8) is 0 Å². The molecule has 0 atom stereocenters. The van der Waals surface area contributed by atoms with Crippen molar-refractivity contribution in [2.75, 3.05) is 6.26 Å². The first-order valence-corrected chi connectivity index (χ1v) is 6.61. The smallest absolute Gasteiger partial charge is 0.337 e. The van der Waals surface area contributed by atoms with Gasteiger partial charge in [-0.05, 0) is 24.3 Å². The van der Waals surface area contributed by atoms with E-state index in [1.807, 2.05) is 0 Å². The number of hydrogen-bond donors (Lipinski definition) is 1. The van der Waals surface area contributed by atoms with Gasteiger partial charge in [0.05, 0.1) is 16.0 Å². The second-order valence-electron chi connectivity index (χ2n) is 3.59. The van der Waals surface area contributed by atoms with Crippen molar-refractivity contribution in [1.82, 2.24) is 4.98 Å². The maximum absolute atomic E-state index is 11.6. The van der Waals surface area contributed by atoms with E-state index in [4.69, 9.17) is 5.11 Å². The molecule has 2 aromatic rings. The van der Waals surface area contributed by atoms with Gasteiger partial charge in [-0.3, -0.25) is 4.98 Å². The van der Waals surface area contributed by atoms with Crippen LogP contribution < -0.4 is 0 Å². The summed E-state index contributed by atoms with van der Waals surface area (Å²) in [7, 11) is -3.40. The number of halogens is 1. The summed E-state index contributed by atoms with van der Waals surface area (Å²) in [6.07, 6.45) is 2.51. The number of hydrogen-bond acceptors (Lipinski definition) is 4. The molecule has 7 heteroatoms. The van der Waals surface area contributed by atoms with E-state index in [-0.39, 0.29) is 28.4 Å². The normalized spacial score (nSPS) is 10.9. The molecule has 2 rings (SSSR count). The molecule has 0 spiro atoms. The van der Waals surface area contributed by atoms with Crippen LogP contribution in [0.15, 0.2) is 35.4 Å². The van der Waals surface area contributed by atoms with E-state index in [0.29, 0.717) is 5.39 Å². The topological polar surface area (TPSA) is 84.3 Å². The summed E-state index contributed by atoms with van der Waals surface area (Å²) in [5.41, 5.74) is 0.177. The van der Waals surface area contributed by atoms with Crippen LogP contribution in [-0.2, 0) is 9.84 Å². The summed E-state index contributed by atoms with van der Waals surface area (Å²) in [4.78, 5) is 15.0. The van der Waals surface area contributed by atoms with Gasteiger partial charge in [0.1, 0.15) is 0 Å². The van der Waals surface area contributed by atoms with Crippen molar-refractivity contribution in [3.05, 3.63) is 36.0 Å². The number of fused-ring (bicyclic) bond motifs is 1. The zero-order valence-corrected chi connectivity index (χ0v) is 11.0. The molecule has 5 nitrogen and oxygen atoms in total. The molecule has 0 fully saturated rings. The Bertz CT molecular complexity index is 712. The minimum atomic E-state index is -3.40. The summed E-state index contributed by atoms with van der Waals surface area (Å²) in [5.74, 6) is -1.13. The second-order valence-corrected chi connectivity index (χ2v) is 5.57. The lowest BCUT2D eigenvalue weighted by Gasteiger charge is -2.06. The Morgan fingerprint density at radius 1 is 1.28 bits per heavy atom. The number of carbonyl (C=O) groups is 1. The van der Waals surface area contributed by atoms with Crippen LogP contribution in [-0.4, -0.2) is 30.7 Å². The Kier molecular flexibility index (Phi) is 3.93. The van der Waals surface area contributed by atoms with Crippen molar-refractivity contribution >= 4 is 39.1 Å². The van der Waals surface area contributed by atoms with E-state index >= 15 is 0 Å². The largest absolute Gasteiger partial charge is 0.478 e. The van der Waals surface area contributed by atoms with E-state index < -0.39 is 15.8 Å². The molecular weight excluding hydrogens is 278 g/mol. The molecule has 0 amide bonds. The summed E-state index contributed by atoms with van der Waals surface area (Å²) in [5, 5.41) is 9.32. The van der Waals surface area contributed by atoms with Crippen molar-refractivity contribution in [3.8, 4) is 0 Å². The molecule has 0 unspecified atom stereocenters. The minimum absolute atomic E-state index is 0. The van der Waals surface area contributed by atoms with E-state index in [1.165, 1.54) is 18.3 Å². The van der Waals surface area contributed by atoms with Crippen molar-refractivity contribution < 1.29 is 18.3 Å². The van der Waals surface area contributed by atoms with Crippen LogP contribution in [0.2, 0.25) is 0 Å². The number of nitrogens with zero attached hydrogens (tertiary/aromatic N) is 1. The molecule has 1 aromatic heterocycles. The number of sulfone groups is 1. The zero-order chi connectivity index (χ0) is 12.6.